The van der Waals surface area contributed by atoms with Gasteiger partial charge in [0.1, 0.15) is 5.82 Å². The van der Waals surface area contributed by atoms with Crippen LogP contribution in [-0.2, 0) is 16.1 Å². The molecular weight excluding hydrogens is 430 g/mol. The van der Waals surface area contributed by atoms with Gasteiger partial charge in [0.2, 0.25) is 5.91 Å². The fraction of sp³-hybridized carbons (Fsp3) is 0.478. The Balaban J connectivity index is 1.57. The second-order valence-electron chi connectivity index (χ2n) is 8.93. The molecule has 5 nitrogen and oxygen atoms in total. The number of halogens is 1. The van der Waals surface area contributed by atoms with Gasteiger partial charge in [-0.3, -0.25) is 4.79 Å². The number of hydrogen-bond acceptors (Lipinski definition) is 4. The molecule has 1 aliphatic carbocycles. The van der Waals surface area contributed by atoms with Crippen molar-refractivity contribution in [3.8, 4) is 0 Å². The van der Waals surface area contributed by atoms with E-state index in [4.69, 9.17) is 4.74 Å². The lowest BCUT2D eigenvalue weighted by molar-refractivity contribution is -0.126. The molecule has 2 aromatic rings. The van der Waals surface area contributed by atoms with E-state index in [1.54, 1.807) is 6.20 Å². The molecule has 6 heteroatoms. The Hall–Kier alpha value is -1.92. The summed E-state index contributed by atoms with van der Waals surface area (Å²) >= 11 is 3.56. The predicted molar refractivity (Wildman–Crippen MR) is 119 cm³/mol. The fourth-order valence-electron chi connectivity index (χ4n) is 4.24. The minimum atomic E-state index is -0.139. The van der Waals surface area contributed by atoms with Crippen LogP contribution in [0.4, 0.5) is 17.2 Å². The minimum Gasteiger partial charge on any atom is -0.373 e. The number of aromatic nitrogens is 1. The summed E-state index contributed by atoms with van der Waals surface area (Å²) in [6.45, 7) is 6.80. The van der Waals surface area contributed by atoms with Crippen molar-refractivity contribution >= 4 is 39.0 Å². The number of benzene rings is 1. The first kappa shape index (κ1) is 20.4. The number of carbonyl (C=O) groups excluding carboxylic acids is 1. The van der Waals surface area contributed by atoms with Crippen LogP contribution >= 0.6 is 15.9 Å². The van der Waals surface area contributed by atoms with Crippen molar-refractivity contribution < 1.29 is 9.53 Å². The van der Waals surface area contributed by atoms with E-state index in [-0.39, 0.29) is 23.5 Å². The van der Waals surface area contributed by atoms with Crippen molar-refractivity contribution in [2.75, 3.05) is 10.2 Å². The Bertz CT molecular complexity index is 901. The number of nitrogens with zero attached hydrogens (tertiary/aromatic N) is 2. The number of ether oxygens (including phenoxy) is 1. The molecule has 0 spiro atoms. The van der Waals surface area contributed by atoms with E-state index in [0.29, 0.717) is 6.54 Å². The predicted octanol–water partition coefficient (Wildman–Crippen LogP) is 5.81. The second-order valence-corrected chi connectivity index (χ2v) is 9.84. The maximum atomic E-state index is 13.6. The molecule has 29 heavy (non-hydrogen) atoms. The molecule has 4 rings (SSSR count). The third-order valence-electron chi connectivity index (χ3n) is 5.53. The smallest absolute Gasteiger partial charge is 0.230 e. The minimum absolute atomic E-state index is 0.0277. The maximum absolute atomic E-state index is 13.6. The van der Waals surface area contributed by atoms with Gasteiger partial charge in [-0.2, -0.15) is 0 Å². The van der Waals surface area contributed by atoms with Gasteiger partial charge in [-0.25, -0.2) is 4.98 Å². The Labute approximate surface area is 181 Å². The summed E-state index contributed by atoms with van der Waals surface area (Å²) < 4.78 is 7.10. The highest BCUT2D eigenvalue weighted by atomic mass is 79.9. The molecule has 1 fully saturated rings. The lowest BCUT2D eigenvalue weighted by atomic mass is 9.86. The number of fused-ring (bicyclic) bond motifs is 2. The van der Waals surface area contributed by atoms with Crippen molar-refractivity contribution in [3.63, 3.8) is 0 Å². The van der Waals surface area contributed by atoms with Crippen molar-refractivity contribution in [3.05, 3.63) is 46.6 Å². The average molecular weight is 458 g/mol. The Morgan fingerprint density at radius 3 is 2.69 bits per heavy atom. The van der Waals surface area contributed by atoms with E-state index >= 15 is 0 Å². The molecule has 0 atom stereocenters. The lowest BCUT2D eigenvalue weighted by Crippen LogP contribution is -2.39. The largest absolute Gasteiger partial charge is 0.373 e. The number of nitrogens with one attached hydrogen (secondary N) is 1. The monoisotopic (exact) mass is 457 g/mol. The lowest BCUT2D eigenvalue weighted by Gasteiger charge is -2.35. The molecule has 2 aliphatic rings. The Kier molecular flexibility index (Phi) is 5.67. The Morgan fingerprint density at radius 2 is 1.97 bits per heavy atom. The van der Waals surface area contributed by atoms with Crippen LogP contribution in [0, 0.1) is 5.92 Å². The van der Waals surface area contributed by atoms with E-state index in [1.807, 2.05) is 35.2 Å². The molecule has 154 valence electrons. The molecule has 1 amide bonds. The van der Waals surface area contributed by atoms with Crippen molar-refractivity contribution in [1.29, 1.82) is 0 Å². The quantitative estimate of drug-likeness (QED) is 0.617. The van der Waals surface area contributed by atoms with Crippen LogP contribution in [0.5, 0.6) is 0 Å². The molecule has 0 unspecified atom stereocenters. The molecule has 1 aromatic heterocycles. The number of pyridine rings is 1. The van der Waals surface area contributed by atoms with Crippen LogP contribution in [-0.4, -0.2) is 22.6 Å². The van der Waals surface area contributed by atoms with Gasteiger partial charge in [-0.15, -0.1) is 0 Å². The van der Waals surface area contributed by atoms with Crippen LogP contribution in [0.3, 0.4) is 0 Å². The number of rotatable bonds is 2. The fourth-order valence-corrected chi connectivity index (χ4v) is 4.59. The summed E-state index contributed by atoms with van der Waals surface area (Å²) in [5, 5.41) is 3.40. The summed E-state index contributed by atoms with van der Waals surface area (Å²) in [4.78, 5) is 20.0. The highest BCUT2D eigenvalue weighted by molar-refractivity contribution is 9.10. The molecule has 0 saturated heterocycles. The third kappa shape index (κ3) is 4.64. The average Bonchev–Trinajstić information content (AvgIpc) is 2.83. The zero-order chi connectivity index (χ0) is 20.6. The van der Waals surface area contributed by atoms with Crippen molar-refractivity contribution in [2.24, 2.45) is 5.92 Å². The van der Waals surface area contributed by atoms with Crippen LogP contribution in [0.1, 0.15) is 52.0 Å². The summed E-state index contributed by atoms with van der Waals surface area (Å²) in [6.07, 6.45) is 5.63. The summed E-state index contributed by atoms with van der Waals surface area (Å²) in [6, 6.07) is 9.95. The van der Waals surface area contributed by atoms with E-state index < -0.39 is 0 Å². The van der Waals surface area contributed by atoms with Gasteiger partial charge in [0.25, 0.3) is 0 Å². The molecule has 1 N–H and O–H groups in total. The molecule has 2 heterocycles. The van der Waals surface area contributed by atoms with Crippen molar-refractivity contribution in [1.82, 2.24) is 4.98 Å². The van der Waals surface area contributed by atoms with Crippen LogP contribution in [0.2, 0.25) is 0 Å². The first-order chi connectivity index (χ1) is 13.8. The highest BCUT2D eigenvalue weighted by Gasteiger charge is 2.34. The van der Waals surface area contributed by atoms with E-state index in [1.165, 1.54) is 0 Å². The van der Waals surface area contributed by atoms with Gasteiger partial charge in [-0.1, -0.05) is 22.0 Å². The SMILES string of the molecule is CC(C)(C)O[C@H]1CC[C@H](C(=O)N2Cc3cccnc3Nc3ccc(Br)cc32)CC1. The standard InChI is InChI=1S/C23H28BrN3O2/c1-23(2,3)29-18-9-6-15(7-10-18)22(28)27-14-16-5-4-12-25-21(16)26-19-11-8-17(24)13-20(19)27/h4-5,8,11-13,15,18H,6-7,9-10,14H2,1-3H3,(H,25,26)/t15-,18-. The zero-order valence-electron chi connectivity index (χ0n) is 17.2. The maximum Gasteiger partial charge on any atom is 0.230 e. The molecule has 0 radical (unpaired) electrons. The summed E-state index contributed by atoms with van der Waals surface area (Å²) in [5.41, 5.74) is 2.69. The molecule has 0 bridgehead atoms. The summed E-state index contributed by atoms with van der Waals surface area (Å²) in [7, 11) is 0. The van der Waals surface area contributed by atoms with Gasteiger partial charge < -0.3 is 15.0 Å². The third-order valence-corrected chi connectivity index (χ3v) is 6.03. The van der Waals surface area contributed by atoms with Crippen LogP contribution in [0.15, 0.2) is 41.0 Å². The highest BCUT2D eigenvalue weighted by Crippen LogP contribution is 2.39. The van der Waals surface area contributed by atoms with Crippen LogP contribution in [0.25, 0.3) is 0 Å². The van der Waals surface area contributed by atoms with E-state index in [0.717, 1.165) is 52.9 Å². The van der Waals surface area contributed by atoms with Gasteiger partial charge in [0, 0.05) is 22.2 Å². The number of amides is 1. The first-order valence-corrected chi connectivity index (χ1v) is 11.1. The summed E-state index contributed by atoms with van der Waals surface area (Å²) in [5.74, 6) is 1.03. The van der Waals surface area contributed by atoms with Gasteiger partial charge >= 0.3 is 0 Å². The first-order valence-electron chi connectivity index (χ1n) is 10.3. The van der Waals surface area contributed by atoms with Crippen LogP contribution < -0.4 is 10.2 Å². The Morgan fingerprint density at radius 1 is 1.21 bits per heavy atom. The molecule has 1 aliphatic heterocycles. The zero-order valence-corrected chi connectivity index (χ0v) is 18.8. The van der Waals surface area contributed by atoms with Crippen molar-refractivity contribution in [2.45, 2.75) is 64.7 Å². The molecule has 1 saturated carbocycles. The molecule has 1 aromatic carbocycles. The number of anilines is 3. The second kappa shape index (κ2) is 8.07. The number of hydrogen-bond donors (Lipinski definition) is 1. The number of carbonyl (C=O) groups is 1. The van der Waals surface area contributed by atoms with Gasteiger partial charge in [0.15, 0.2) is 0 Å². The van der Waals surface area contributed by atoms with Gasteiger partial charge in [-0.05, 0) is 70.7 Å². The normalized spacial score (nSPS) is 21.6. The van der Waals surface area contributed by atoms with Gasteiger partial charge in [0.05, 0.1) is 29.6 Å². The van der Waals surface area contributed by atoms with E-state index in [2.05, 4.69) is 47.0 Å². The molecular formula is C23H28BrN3O2. The van der Waals surface area contributed by atoms with E-state index in [9.17, 15) is 4.79 Å². The topological polar surface area (TPSA) is 54.5 Å².